The quantitative estimate of drug-likeness (QED) is 0.367. The van der Waals surface area contributed by atoms with Crippen LogP contribution in [0.5, 0.6) is 0 Å². The molecule has 0 spiro atoms. The minimum Gasteiger partial charge on any atom is -0.547 e. The summed E-state index contributed by atoms with van der Waals surface area (Å²) >= 11 is -0.563. The van der Waals surface area contributed by atoms with E-state index in [1.807, 2.05) is 0 Å². The average molecular weight is 428 g/mol. The molecule has 8 nitrogen and oxygen atoms in total. The van der Waals surface area contributed by atoms with Crippen LogP contribution < -0.4 is 10.2 Å². The molecular formula is C18H36O8Ti. The first kappa shape index (κ1) is 31.2. The van der Waals surface area contributed by atoms with Gasteiger partial charge in [-0.2, -0.15) is 0 Å². The Bertz CT molecular complexity index is 359. The standard InChI is InChI=1S/2C5H10O3.2C4H9O.Ti/c2*1-3-5(2,8)4(6)7;2*1-4(2)3-5;/h2*8H,3H2,1-2H3,(H,6,7);2*4H,3H2,1-2H3;/q;;2*-1;+4/p-2. The van der Waals surface area contributed by atoms with Crippen LogP contribution in [0, 0.1) is 11.8 Å². The number of carbonyl (C=O) groups excluding carboxylic acids is 2. The van der Waals surface area contributed by atoms with Crippen LogP contribution in [0.4, 0.5) is 0 Å². The molecule has 2 atom stereocenters. The number of rotatable bonds is 10. The molecule has 0 rings (SSSR count). The molecule has 0 aromatic heterocycles. The Hall–Kier alpha value is -0.506. The molecule has 0 saturated heterocycles. The zero-order valence-corrected chi connectivity index (χ0v) is 19.4. The zero-order valence-electron chi connectivity index (χ0n) is 17.8. The van der Waals surface area contributed by atoms with Crippen LogP contribution in [0.15, 0.2) is 0 Å². The molecule has 0 aliphatic heterocycles. The van der Waals surface area contributed by atoms with Crippen molar-refractivity contribution in [2.24, 2.45) is 11.8 Å². The Morgan fingerprint density at radius 3 is 1.22 bits per heavy atom. The monoisotopic (exact) mass is 428 g/mol. The predicted octanol–water partition coefficient (Wildman–Crippen LogP) is 0.0387. The number of carbonyl (C=O) groups is 2. The van der Waals surface area contributed by atoms with Crippen LogP contribution in [0.3, 0.4) is 0 Å². The van der Waals surface area contributed by atoms with Gasteiger partial charge in [-0.1, -0.05) is 13.8 Å². The molecule has 9 heteroatoms. The Labute approximate surface area is 173 Å². The summed E-state index contributed by atoms with van der Waals surface area (Å²) in [4.78, 5) is 19.8. The fourth-order valence-corrected chi connectivity index (χ4v) is 2.12. The van der Waals surface area contributed by atoms with Crippen LogP contribution in [0.1, 0.15) is 68.2 Å². The molecule has 0 aromatic carbocycles. The van der Waals surface area contributed by atoms with Gasteiger partial charge in [0.05, 0.1) is 11.9 Å². The molecule has 2 N–H and O–H groups in total. The van der Waals surface area contributed by atoms with Crippen molar-refractivity contribution in [2.75, 3.05) is 13.2 Å². The van der Waals surface area contributed by atoms with Crippen LogP contribution in [0.25, 0.3) is 0 Å². The third-order valence-corrected chi connectivity index (χ3v) is 4.10. The van der Waals surface area contributed by atoms with Gasteiger partial charge in [0.2, 0.25) is 0 Å². The maximum absolute atomic E-state index is 9.89. The first-order chi connectivity index (χ1) is 12.1. The third kappa shape index (κ3) is 21.7. The topological polar surface area (TPSA) is 139 Å². The molecule has 2 unspecified atom stereocenters. The van der Waals surface area contributed by atoms with E-state index in [0.29, 0.717) is 11.8 Å². The Morgan fingerprint density at radius 1 is 0.852 bits per heavy atom. The van der Waals surface area contributed by atoms with Crippen molar-refractivity contribution in [3.8, 4) is 0 Å². The van der Waals surface area contributed by atoms with Crippen LogP contribution in [-0.2, 0) is 36.2 Å². The summed E-state index contributed by atoms with van der Waals surface area (Å²) in [5.41, 5.74) is -3.31. The normalized spacial score (nSPS) is 14.7. The van der Waals surface area contributed by atoms with Crippen molar-refractivity contribution in [2.45, 2.75) is 79.4 Å². The summed E-state index contributed by atoms with van der Waals surface area (Å²) in [5.74, 6) is -1.58. The van der Waals surface area contributed by atoms with Crippen molar-refractivity contribution < 1.29 is 56.6 Å². The second-order valence-corrected chi connectivity index (χ2v) is 8.48. The van der Waals surface area contributed by atoms with Gasteiger partial charge in [0.15, 0.2) is 0 Å². The number of aliphatic hydroxyl groups is 2. The number of aliphatic carboxylic acids is 2. The van der Waals surface area contributed by atoms with Gasteiger partial charge in [0, 0.05) is 0 Å². The number of hydrogen-bond acceptors (Lipinski definition) is 8. The van der Waals surface area contributed by atoms with E-state index in [2.05, 4.69) is 27.7 Å². The SMILES string of the molecule is CC(C)C[O][Ti+2][O]CC(C)C.CCC(C)(O)C(=O)[O-].CCC(C)(O)C(=O)[O-]. The van der Waals surface area contributed by atoms with E-state index in [0.717, 1.165) is 13.2 Å². The zero-order chi connectivity index (χ0) is 22.3. The van der Waals surface area contributed by atoms with Gasteiger partial charge in [0.25, 0.3) is 0 Å². The molecule has 0 aromatic rings. The van der Waals surface area contributed by atoms with E-state index >= 15 is 0 Å². The summed E-state index contributed by atoms with van der Waals surface area (Å²) in [7, 11) is 0. The molecule has 27 heavy (non-hydrogen) atoms. The maximum atomic E-state index is 9.89. The molecule has 0 saturated carbocycles. The van der Waals surface area contributed by atoms with E-state index in [4.69, 9.17) is 16.8 Å². The number of carboxylic acid groups (broad SMARTS) is 2. The minimum absolute atomic E-state index is 0.176. The Morgan fingerprint density at radius 2 is 1.11 bits per heavy atom. The number of hydrogen-bond donors (Lipinski definition) is 2. The van der Waals surface area contributed by atoms with Crippen molar-refractivity contribution in [1.29, 1.82) is 0 Å². The molecule has 0 radical (unpaired) electrons. The smallest absolute Gasteiger partial charge is 0.101 e. The number of carboxylic acids is 2. The van der Waals surface area contributed by atoms with Crippen LogP contribution in [0.2, 0.25) is 0 Å². The van der Waals surface area contributed by atoms with Gasteiger partial charge in [-0.15, -0.1) is 0 Å². The fourth-order valence-electron chi connectivity index (χ4n) is 0.732. The van der Waals surface area contributed by atoms with E-state index in [-0.39, 0.29) is 12.8 Å². The third-order valence-electron chi connectivity index (χ3n) is 3.21. The van der Waals surface area contributed by atoms with E-state index < -0.39 is 43.1 Å². The van der Waals surface area contributed by atoms with E-state index in [9.17, 15) is 19.8 Å². The van der Waals surface area contributed by atoms with Gasteiger partial charge >= 0.3 is 79.3 Å². The molecule has 0 aliphatic rings. The van der Waals surface area contributed by atoms with Gasteiger partial charge in [-0.05, 0) is 26.7 Å². The van der Waals surface area contributed by atoms with Crippen molar-refractivity contribution >= 4 is 11.9 Å². The van der Waals surface area contributed by atoms with Gasteiger partial charge in [0.1, 0.15) is 11.2 Å². The fraction of sp³-hybridized carbons (Fsp3) is 0.889. The van der Waals surface area contributed by atoms with E-state index in [1.165, 1.54) is 13.8 Å². The van der Waals surface area contributed by atoms with Gasteiger partial charge < -0.3 is 30.0 Å². The van der Waals surface area contributed by atoms with Crippen LogP contribution in [-0.4, -0.2) is 46.6 Å². The first-order valence-corrected chi connectivity index (χ1v) is 10.3. The van der Waals surface area contributed by atoms with Gasteiger partial charge in [-0.25, -0.2) is 0 Å². The Balaban J connectivity index is -0.000000327. The van der Waals surface area contributed by atoms with Crippen molar-refractivity contribution in [1.82, 2.24) is 0 Å². The molecule has 0 amide bonds. The molecule has 0 fully saturated rings. The molecule has 0 heterocycles. The maximum Gasteiger partial charge on any atom is 0.101 e. The van der Waals surface area contributed by atoms with Crippen molar-refractivity contribution in [3.05, 3.63) is 0 Å². The summed E-state index contributed by atoms with van der Waals surface area (Å²) in [5, 5.41) is 37.3. The molecule has 160 valence electrons. The van der Waals surface area contributed by atoms with Crippen molar-refractivity contribution in [3.63, 3.8) is 0 Å². The summed E-state index contributed by atoms with van der Waals surface area (Å²) < 4.78 is 10.7. The molecular weight excluding hydrogens is 392 g/mol. The second-order valence-electron chi connectivity index (χ2n) is 7.32. The molecule has 0 bridgehead atoms. The summed E-state index contributed by atoms with van der Waals surface area (Å²) in [6, 6.07) is 0. The second kappa shape index (κ2) is 16.4. The molecule has 0 aliphatic carbocycles. The average Bonchev–Trinajstić information content (AvgIpc) is 2.54. The Kier molecular flexibility index (Phi) is 19.0. The largest absolute Gasteiger partial charge is 0.547 e. The summed E-state index contributed by atoms with van der Waals surface area (Å²) in [6.07, 6.45) is 0.352. The van der Waals surface area contributed by atoms with E-state index in [1.54, 1.807) is 13.8 Å². The van der Waals surface area contributed by atoms with Crippen LogP contribution >= 0.6 is 0 Å². The van der Waals surface area contributed by atoms with Gasteiger partial charge in [-0.3, -0.25) is 0 Å². The minimum atomic E-state index is -1.65. The summed E-state index contributed by atoms with van der Waals surface area (Å²) in [6.45, 7) is 15.9. The predicted molar refractivity (Wildman–Crippen MR) is 93.4 cm³/mol. The first-order valence-electron chi connectivity index (χ1n) is 9.00.